The van der Waals surface area contributed by atoms with Crippen LogP contribution in [0, 0.1) is 0 Å². The number of methoxy groups -OCH3 is 1. The number of amides is 1. The molecule has 12 heteroatoms. The number of carbonyl (C=O) groups excluding carboxylic acids is 5. The largest absolute Gasteiger partial charge is 0.465 e. The van der Waals surface area contributed by atoms with Crippen LogP contribution in [0.4, 0.5) is 0 Å². The summed E-state index contributed by atoms with van der Waals surface area (Å²) in [5.74, 6) is -3.25. The molecule has 0 unspecified atom stereocenters. The van der Waals surface area contributed by atoms with Gasteiger partial charge in [0.05, 0.1) is 7.11 Å². The van der Waals surface area contributed by atoms with E-state index in [9.17, 15) is 24.0 Å². The zero-order chi connectivity index (χ0) is 28.0. The van der Waals surface area contributed by atoms with Crippen molar-refractivity contribution in [3.63, 3.8) is 0 Å². The summed E-state index contributed by atoms with van der Waals surface area (Å²) in [4.78, 5) is 60.3. The van der Waals surface area contributed by atoms with E-state index in [2.05, 4.69) is 5.32 Å². The van der Waals surface area contributed by atoms with E-state index < -0.39 is 67.0 Å². The first-order valence-corrected chi connectivity index (χ1v) is 11.7. The maximum Gasteiger partial charge on any atom is 0.341 e. The SMILES string of the molecule is COC(=O)c1ccc2ccccc2c1O[C@H]1O[C@@H](COC(C)=O)[C@@H](OC(C)=O)[C@H](OC(C)=O)[C@@H]1NC(C)=O. The summed E-state index contributed by atoms with van der Waals surface area (Å²) in [7, 11) is 1.22. The number of hydrogen-bond donors (Lipinski definition) is 1. The second kappa shape index (κ2) is 12.4. The minimum absolute atomic E-state index is 0.0686. The lowest BCUT2D eigenvalue weighted by atomic mass is 9.95. The summed E-state index contributed by atoms with van der Waals surface area (Å²) in [5, 5.41) is 3.89. The highest BCUT2D eigenvalue weighted by Gasteiger charge is 2.52. The Balaban J connectivity index is 2.15. The molecule has 1 amide bonds. The van der Waals surface area contributed by atoms with Crippen molar-refractivity contribution in [1.82, 2.24) is 5.32 Å². The highest BCUT2D eigenvalue weighted by Crippen LogP contribution is 2.35. The van der Waals surface area contributed by atoms with Gasteiger partial charge in [-0.1, -0.05) is 30.3 Å². The smallest absolute Gasteiger partial charge is 0.341 e. The van der Waals surface area contributed by atoms with Crippen LogP contribution in [0.25, 0.3) is 10.8 Å². The molecule has 5 atom stereocenters. The molecule has 0 saturated carbocycles. The molecule has 0 radical (unpaired) electrons. The molecule has 2 aromatic rings. The van der Waals surface area contributed by atoms with E-state index in [-0.39, 0.29) is 11.3 Å². The third-order valence-electron chi connectivity index (χ3n) is 5.59. The highest BCUT2D eigenvalue weighted by atomic mass is 16.7. The van der Waals surface area contributed by atoms with Crippen LogP contribution < -0.4 is 10.1 Å². The molecular weight excluding hydrogens is 502 g/mol. The predicted octanol–water partition coefficient (Wildman–Crippen LogP) is 1.66. The number of nitrogens with one attached hydrogen (secondary N) is 1. The lowest BCUT2D eigenvalue weighted by Crippen LogP contribution is -2.67. The van der Waals surface area contributed by atoms with Gasteiger partial charge in [-0.05, 0) is 11.5 Å². The van der Waals surface area contributed by atoms with Crippen molar-refractivity contribution in [3.05, 3.63) is 42.0 Å². The van der Waals surface area contributed by atoms with Crippen molar-refractivity contribution in [3.8, 4) is 5.75 Å². The van der Waals surface area contributed by atoms with Crippen LogP contribution in [0.15, 0.2) is 36.4 Å². The first-order chi connectivity index (χ1) is 18.0. The average molecular weight is 532 g/mol. The van der Waals surface area contributed by atoms with Crippen molar-refractivity contribution < 1.29 is 52.4 Å². The lowest BCUT2D eigenvalue weighted by Gasteiger charge is -2.45. The quantitative estimate of drug-likeness (QED) is 0.391. The number of carbonyl (C=O) groups is 5. The fraction of sp³-hybridized carbons (Fsp3) is 0.423. The average Bonchev–Trinajstić information content (AvgIpc) is 2.85. The molecule has 0 spiro atoms. The summed E-state index contributed by atoms with van der Waals surface area (Å²) in [6, 6.07) is 9.08. The minimum Gasteiger partial charge on any atom is -0.465 e. The van der Waals surface area contributed by atoms with Gasteiger partial charge >= 0.3 is 23.9 Å². The summed E-state index contributed by atoms with van der Waals surface area (Å²) >= 11 is 0. The van der Waals surface area contributed by atoms with Crippen LogP contribution in [-0.2, 0) is 42.9 Å². The third kappa shape index (κ3) is 6.76. The van der Waals surface area contributed by atoms with Gasteiger partial charge in [-0.3, -0.25) is 19.2 Å². The fourth-order valence-electron chi connectivity index (χ4n) is 4.15. The predicted molar refractivity (Wildman–Crippen MR) is 130 cm³/mol. The minimum atomic E-state index is -1.40. The molecular formula is C26H29NO11. The molecule has 1 aliphatic heterocycles. The van der Waals surface area contributed by atoms with Crippen LogP contribution in [-0.4, -0.2) is 74.1 Å². The second-order valence-corrected chi connectivity index (χ2v) is 8.49. The van der Waals surface area contributed by atoms with Gasteiger partial charge in [0.2, 0.25) is 12.2 Å². The summed E-state index contributed by atoms with van der Waals surface area (Å²) in [6.07, 6.45) is -5.15. The standard InChI is InChI=1S/C26H29NO11/c1-13(28)27-21-24(36-16(4)31)23(35-15(3)30)20(12-34-14(2)29)37-26(21)38-22-18-9-7-6-8-17(18)10-11-19(22)25(32)33-5/h6-11,20-21,23-24,26H,12H2,1-5H3,(H,27,28)/t20-,21-,23+,24+,26+/m0/s1. The summed E-state index contributed by atoms with van der Waals surface area (Å²) in [6.45, 7) is 4.30. The molecule has 1 fully saturated rings. The number of benzene rings is 2. The molecule has 1 saturated heterocycles. The molecule has 204 valence electrons. The van der Waals surface area contributed by atoms with Gasteiger partial charge in [0.25, 0.3) is 0 Å². The van der Waals surface area contributed by atoms with E-state index in [0.717, 1.165) is 19.2 Å². The number of hydrogen-bond acceptors (Lipinski definition) is 11. The molecule has 0 aromatic heterocycles. The first-order valence-electron chi connectivity index (χ1n) is 11.7. The van der Waals surface area contributed by atoms with Gasteiger partial charge in [0.15, 0.2) is 12.2 Å². The topological polar surface area (TPSA) is 153 Å². The maximum atomic E-state index is 12.6. The molecule has 0 bridgehead atoms. The van der Waals surface area contributed by atoms with Crippen LogP contribution in [0.1, 0.15) is 38.1 Å². The van der Waals surface area contributed by atoms with E-state index >= 15 is 0 Å². The normalized spacial score (nSPS) is 22.6. The highest BCUT2D eigenvalue weighted by molar-refractivity contribution is 6.01. The van der Waals surface area contributed by atoms with Crippen LogP contribution in [0.3, 0.4) is 0 Å². The summed E-state index contributed by atoms with van der Waals surface area (Å²) < 4.78 is 33.2. The maximum absolute atomic E-state index is 12.6. The van der Waals surface area contributed by atoms with Gasteiger partial charge in [-0.25, -0.2) is 4.79 Å². The van der Waals surface area contributed by atoms with Crippen molar-refractivity contribution in [2.24, 2.45) is 0 Å². The van der Waals surface area contributed by atoms with Crippen LogP contribution in [0.2, 0.25) is 0 Å². The van der Waals surface area contributed by atoms with E-state index in [0.29, 0.717) is 5.39 Å². The number of ether oxygens (including phenoxy) is 6. The monoisotopic (exact) mass is 531 g/mol. The van der Waals surface area contributed by atoms with E-state index in [1.165, 1.54) is 27.0 Å². The van der Waals surface area contributed by atoms with Crippen molar-refractivity contribution in [2.75, 3.05) is 13.7 Å². The molecule has 2 aromatic carbocycles. The number of fused-ring (bicyclic) bond motifs is 1. The van der Waals surface area contributed by atoms with Crippen molar-refractivity contribution in [2.45, 2.75) is 58.3 Å². The summed E-state index contributed by atoms with van der Waals surface area (Å²) in [5.41, 5.74) is 0.0686. The zero-order valence-corrected chi connectivity index (χ0v) is 21.5. The molecule has 1 aliphatic rings. The first kappa shape index (κ1) is 28.4. The molecule has 12 nitrogen and oxygen atoms in total. The van der Waals surface area contributed by atoms with Gasteiger partial charge in [-0.15, -0.1) is 0 Å². The van der Waals surface area contributed by atoms with Gasteiger partial charge in [0.1, 0.15) is 30.1 Å². The van der Waals surface area contributed by atoms with Gasteiger partial charge in [-0.2, -0.15) is 0 Å². The molecule has 1 N–H and O–H groups in total. The molecule has 38 heavy (non-hydrogen) atoms. The van der Waals surface area contributed by atoms with E-state index in [4.69, 9.17) is 28.4 Å². The molecule has 0 aliphatic carbocycles. The Morgan fingerprint density at radius 2 is 1.53 bits per heavy atom. The zero-order valence-electron chi connectivity index (χ0n) is 21.5. The van der Waals surface area contributed by atoms with Crippen LogP contribution in [0.5, 0.6) is 5.75 Å². The van der Waals surface area contributed by atoms with Gasteiger partial charge in [0, 0.05) is 33.1 Å². The Kier molecular flexibility index (Phi) is 9.24. The van der Waals surface area contributed by atoms with Crippen LogP contribution >= 0.6 is 0 Å². The number of esters is 4. The van der Waals surface area contributed by atoms with Crippen molar-refractivity contribution >= 4 is 40.6 Å². The van der Waals surface area contributed by atoms with E-state index in [1.54, 1.807) is 30.3 Å². The Morgan fingerprint density at radius 3 is 2.13 bits per heavy atom. The van der Waals surface area contributed by atoms with Gasteiger partial charge < -0.3 is 33.7 Å². The number of rotatable bonds is 8. The second-order valence-electron chi connectivity index (χ2n) is 8.49. The molecule has 3 rings (SSSR count). The molecule has 1 heterocycles. The Labute approximate surface area is 218 Å². The van der Waals surface area contributed by atoms with Crippen molar-refractivity contribution in [1.29, 1.82) is 0 Å². The van der Waals surface area contributed by atoms with E-state index in [1.807, 2.05) is 0 Å². The third-order valence-corrected chi connectivity index (χ3v) is 5.59. The fourth-order valence-corrected chi connectivity index (χ4v) is 4.15. The Bertz CT molecular complexity index is 1230. The Morgan fingerprint density at radius 1 is 0.868 bits per heavy atom. The Hall–Kier alpha value is -4.19. The lowest BCUT2D eigenvalue weighted by molar-refractivity contribution is -0.257.